The lowest BCUT2D eigenvalue weighted by molar-refractivity contribution is -0.384. The second kappa shape index (κ2) is 9.96. The number of carbonyl (C=O) groups excluding carboxylic acids is 3. The highest BCUT2D eigenvalue weighted by Gasteiger charge is 2.37. The molecule has 3 aromatic rings. The lowest BCUT2D eigenvalue weighted by Gasteiger charge is -2.26. The van der Waals surface area contributed by atoms with Crippen molar-refractivity contribution < 1.29 is 24.0 Å². The summed E-state index contributed by atoms with van der Waals surface area (Å²) in [5.41, 5.74) is 0.528. The number of amides is 4. The number of benzene rings is 3. The van der Waals surface area contributed by atoms with Crippen molar-refractivity contribution in [1.82, 2.24) is 5.32 Å². The topological polar surface area (TPSA) is 119 Å². The Bertz CT molecular complexity index is 1410. The molecule has 3 aromatic carbocycles. The van der Waals surface area contributed by atoms with Crippen molar-refractivity contribution in [3.63, 3.8) is 0 Å². The molecule has 0 spiro atoms. The van der Waals surface area contributed by atoms with E-state index < -0.39 is 22.8 Å². The number of nitrogens with zero attached hydrogens (tertiary/aromatic N) is 2. The standard InChI is InChI=1S/C24H15Cl2N3O6/c25-16-4-1-3-15(9-16)13-35-21-8-7-14(11-20(21)26)10-19-22(30)27-24(32)28(23(19)31)17-5-2-6-18(12-17)29(33)34/h1-12H,13H2,(H,27,30,32)/b19-10+. The Morgan fingerprint density at radius 3 is 2.49 bits per heavy atom. The number of ether oxygens (including phenoxy) is 1. The van der Waals surface area contributed by atoms with Gasteiger partial charge in [-0.2, -0.15) is 0 Å². The van der Waals surface area contributed by atoms with E-state index in [0.29, 0.717) is 21.2 Å². The highest BCUT2D eigenvalue weighted by atomic mass is 35.5. The number of halogens is 2. The second-order valence-corrected chi connectivity index (χ2v) is 8.19. The van der Waals surface area contributed by atoms with Crippen molar-refractivity contribution in [2.24, 2.45) is 0 Å². The molecule has 1 fully saturated rings. The van der Waals surface area contributed by atoms with Gasteiger partial charge in [0.05, 0.1) is 15.6 Å². The highest BCUT2D eigenvalue weighted by molar-refractivity contribution is 6.39. The fourth-order valence-electron chi connectivity index (χ4n) is 3.32. The van der Waals surface area contributed by atoms with E-state index in [1.807, 2.05) is 6.07 Å². The molecule has 4 amide bonds. The van der Waals surface area contributed by atoms with Gasteiger partial charge in [0.1, 0.15) is 17.9 Å². The molecule has 1 aliphatic rings. The number of imide groups is 2. The third kappa shape index (κ3) is 5.32. The number of non-ortho nitro benzene ring substituents is 1. The second-order valence-electron chi connectivity index (χ2n) is 7.34. The number of barbiturate groups is 1. The number of hydrogen-bond acceptors (Lipinski definition) is 6. The molecule has 0 atom stereocenters. The minimum Gasteiger partial charge on any atom is -0.487 e. The predicted octanol–water partition coefficient (Wildman–Crippen LogP) is 5.15. The first-order valence-corrected chi connectivity index (χ1v) is 10.8. The summed E-state index contributed by atoms with van der Waals surface area (Å²) in [5.74, 6) is -1.46. The number of nitro groups is 1. The minimum absolute atomic E-state index is 0.0529. The van der Waals surface area contributed by atoms with Crippen LogP contribution in [0.5, 0.6) is 5.75 Å². The van der Waals surface area contributed by atoms with E-state index in [-0.39, 0.29) is 28.6 Å². The molecule has 0 bridgehead atoms. The molecule has 0 radical (unpaired) electrons. The van der Waals surface area contributed by atoms with Crippen molar-refractivity contribution in [1.29, 1.82) is 0 Å². The van der Waals surface area contributed by atoms with Crippen LogP contribution in [0.4, 0.5) is 16.2 Å². The average Bonchev–Trinajstić information content (AvgIpc) is 2.81. The first-order valence-electron chi connectivity index (χ1n) is 10.1. The van der Waals surface area contributed by atoms with Gasteiger partial charge in [0, 0.05) is 17.2 Å². The van der Waals surface area contributed by atoms with E-state index in [1.54, 1.807) is 30.3 Å². The van der Waals surface area contributed by atoms with Gasteiger partial charge >= 0.3 is 6.03 Å². The van der Waals surface area contributed by atoms with Gasteiger partial charge in [-0.25, -0.2) is 9.69 Å². The van der Waals surface area contributed by atoms with Crippen molar-refractivity contribution in [3.05, 3.63) is 104 Å². The van der Waals surface area contributed by atoms with Gasteiger partial charge in [-0.1, -0.05) is 47.5 Å². The SMILES string of the molecule is O=C1NC(=O)N(c2cccc([N+](=O)[O-])c2)C(=O)/C1=C/c1ccc(OCc2cccc(Cl)c2)c(Cl)c1. The molecule has 11 heteroatoms. The van der Waals surface area contributed by atoms with Gasteiger partial charge in [-0.05, 0) is 47.5 Å². The van der Waals surface area contributed by atoms with Crippen molar-refractivity contribution in [3.8, 4) is 5.75 Å². The summed E-state index contributed by atoms with van der Waals surface area (Å²) >= 11 is 12.3. The number of nitrogens with one attached hydrogen (secondary N) is 1. The van der Waals surface area contributed by atoms with E-state index in [1.165, 1.54) is 30.3 Å². The monoisotopic (exact) mass is 511 g/mol. The van der Waals surface area contributed by atoms with Crippen LogP contribution >= 0.6 is 23.2 Å². The first kappa shape index (κ1) is 23.9. The zero-order valence-corrected chi connectivity index (χ0v) is 19.2. The predicted molar refractivity (Wildman–Crippen MR) is 129 cm³/mol. The number of urea groups is 1. The molecule has 0 aliphatic carbocycles. The van der Waals surface area contributed by atoms with Crippen LogP contribution in [0.25, 0.3) is 6.08 Å². The summed E-state index contributed by atoms with van der Waals surface area (Å²) < 4.78 is 5.72. The van der Waals surface area contributed by atoms with Crippen LogP contribution in [-0.2, 0) is 16.2 Å². The molecule has 1 aliphatic heterocycles. The number of anilines is 1. The van der Waals surface area contributed by atoms with Crippen LogP contribution in [0.2, 0.25) is 10.0 Å². The zero-order valence-electron chi connectivity index (χ0n) is 17.7. The van der Waals surface area contributed by atoms with E-state index >= 15 is 0 Å². The fourth-order valence-corrected chi connectivity index (χ4v) is 3.77. The number of nitro benzene ring substituents is 1. The molecular formula is C24H15Cl2N3O6. The Kier molecular flexibility index (Phi) is 6.81. The molecule has 176 valence electrons. The van der Waals surface area contributed by atoms with Crippen molar-refractivity contribution in [2.45, 2.75) is 6.61 Å². The number of carbonyl (C=O) groups is 3. The van der Waals surface area contributed by atoms with Gasteiger partial charge in [-0.15, -0.1) is 0 Å². The third-order valence-corrected chi connectivity index (χ3v) is 5.48. The Balaban J connectivity index is 1.58. The fraction of sp³-hybridized carbons (Fsp3) is 0.0417. The Morgan fingerprint density at radius 1 is 1.00 bits per heavy atom. The molecule has 1 N–H and O–H groups in total. The Hall–Kier alpha value is -4.21. The molecule has 4 rings (SSSR count). The van der Waals surface area contributed by atoms with Crippen LogP contribution in [0, 0.1) is 10.1 Å². The molecular weight excluding hydrogens is 497 g/mol. The van der Waals surface area contributed by atoms with Crippen LogP contribution in [-0.4, -0.2) is 22.8 Å². The molecule has 35 heavy (non-hydrogen) atoms. The van der Waals surface area contributed by atoms with Crippen LogP contribution in [0.1, 0.15) is 11.1 Å². The summed E-state index contributed by atoms with van der Waals surface area (Å²) in [6.07, 6.45) is 1.26. The molecule has 0 aromatic heterocycles. The van der Waals surface area contributed by atoms with E-state index in [4.69, 9.17) is 27.9 Å². The maximum absolute atomic E-state index is 13.0. The van der Waals surface area contributed by atoms with E-state index in [9.17, 15) is 24.5 Å². The Morgan fingerprint density at radius 2 is 1.77 bits per heavy atom. The lowest BCUT2D eigenvalue weighted by atomic mass is 10.1. The lowest BCUT2D eigenvalue weighted by Crippen LogP contribution is -2.54. The Labute approximate surface area is 208 Å². The molecule has 1 saturated heterocycles. The largest absolute Gasteiger partial charge is 0.487 e. The van der Waals surface area contributed by atoms with E-state index in [0.717, 1.165) is 11.6 Å². The summed E-state index contributed by atoms with van der Waals surface area (Å²) in [7, 11) is 0. The normalized spacial score (nSPS) is 14.7. The highest BCUT2D eigenvalue weighted by Crippen LogP contribution is 2.29. The summed E-state index contributed by atoms with van der Waals surface area (Å²) in [6, 6.07) is 15.8. The minimum atomic E-state index is -1.01. The molecule has 1 heterocycles. The van der Waals surface area contributed by atoms with Crippen LogP contribution in [0.15, 0.2) is 72.3 Å². The van der Waals surface area contributed by atoms with Gasteiger partial charge in [-0.3, -0.25) is 25.0 Å². The van der Waals surface area contributed by atoms with Crippen molar-refractivity contribution in [2.75, 3.05) is 4.90 Å². The maximum atomic E-state index is 13.0. The van der Waals surface area contributed by atoms with Crippen LogP contribution in [0.3, 0.4) is 0 Å². The summed E-state index contributed by atoms with van der Waals surface area (Å²) in [4.78, 5) is 48.8. The third-order valence-electron chi connectivity index (χ3n) is 4.95. The smallest absolute Gasteiger partial charge is 0.335 e. The first-order chi connectivity index (χ1) is 16.7. The molecule has 9 nitrogen and oxygen atoms in total. The van der Waals surface area contributed by atoms with Crippen molar-refractivity contribution >= 4 is 58.5 Å². The van der Waals surface area contributed by atoms with Gasteiger partial charge in [0.25, 0.3) is 17.5 Å². The van der Waals surface area contributed by atoms with Gasteiger partial charge in [0.15, 0.2) is 0 Å². The van der Waals surface area contributed by atoms with Crippen LogP contribution < -0.4 is 15.0 Å². The van der Waals surface area contributed by atoms with Gasteiger partial charge in [0.2, 0.25) is 0 Å². The summed E-state index contributed by atoms with van der Waals surface area (Å²) in [6.45, 7) is 0.224. The molecule has 0 unspecified atom stereocenters. The maximum Gasteiger partial charge on any atom is 0.335 e. The number of hydrogen-bond donors (Lipinski definition) is 1. The average molecular weight is 512 g/mol. The van der Waals surface area contributed by atoms with E-state index in [2.05, 4.69) is 5.32 Å². The number of rotatable bonds is 6. The zero-order chi connectivity index (χ0) is 25.1. The quantitative estimate of drug-likeness (QED) is 0.211. The summed E-state index contributed by atoms with van der Waals surface area (Å²) in [5, 5.41) is 13.9. The van der Waals surface area contributed by atoms with Gasteiger partial charge < -0.3 is 4.74 Å². The molecule has 0 saturated carbocycles.